The molecule has 1 aromatic rings. The zero-order valence-electron chi connectivity index (χ0n) is 9.19. The topological polar surface area (TPSA) is 74.7 Å². The highest BCUT2D eigenvalue weighted by atomic mass is 15.0. The lowest BCUT2D eigenvalue weighted by Gasteiger charge is -2.30. The van der Waals surface area contributed by atoms with Crippen molar-refractivity contribution in [2.24, 2.45) is 5.73 Å². The van der Waals surface area contributed by atoms with Gasteiger partial charge in [-0.2, -0.15) is 5.26 Å². The molecule has 1 aliphatic rings. The Morgan fingerprint density at radius 1 is 1.44 bits per heavy atom. The minimum atomic E-state index is 0.181. The molecule has 2 atom stereocenters. The molecule has 1 aromatic heterocycles. The number of rotatable bonds is 2. The lowest BCUT2D eigenvalue weighted by molar-refractivity contribution is 0.404. The average Bonchev–Trinajstić information content (AvgIpc) is 2.33. The van der Waals surface area contributed by atoms with Crippen LogP contribution in [0.1, 0.15) is 31.4 Å². The van der Waals surface area contributed by atoms with Crippen LogP contribution in [-0.2, 0) is 0 Å². The summed E-state index contributed by atoms with van der Waals surface area (Å²) in [5.41, 5.74) is 7.30. The van der Waals surface area contributed by atoms with Gasteiger partial charge < -0.3 is 11.1 Å². The second-order valence-electron chi connectivity index (χ2n) is 4.21. The Labute approximate surface area is 95.5 Å². The Morgan fingerprint density at radius 2 is 2.25 bits per heavy atom. The van der Waals surface area contributed by atoms with Crippen molar-refractivity contribution in [2.45, 2.75) is 37.8 Å². The number of hydrogen-bond acceptors (Lipinski definition) is 4. The molecule has 0 saturated heterocycles. The first-order valence-corrected chi connectivity index (χ1v) is 5.68. The highest BCUT2D eigenvalue weighted by Crippen LogP contribution is 2.22. The predicted octanol–water partition coefficient (Wildman–Crippen LogP) is 1.64. The molecule has 1 heterocycles. The smallest absolute Gasteiger partial charge is 0.163 e. The molecule has 0 amide bonds. The number of pyridine rings is 1. The number of nitrogens with one attached hydrogen (secondary N) is 1. The van der Waals surface area contributed by atoms with Gasteiger partial charge in [-0.3, -0.25) is 0 Å². The Balaban J connectivity index is 2.11. The van der Waals surface area contributed by atoms with Gasteiger partial charge >= 0.3 is 0 Å². The second-order valence-corrected chi connectivity index (χ2v) is 4.21. The van der Waals surface area contributed by atoms with Crippen LogP contribution in [0, 0.1) is 11.3 Å². The number of hydrogen-bond donors (Lipinski definition) is 2. The van der Waals surface area contributed by atoms with Crippen molar-refractivity contribution in [3.05, 3.63) is 24.0 Å². The van der Waals surface area contributed by atoms with Gasteiger partial charge in [0, 0.05) is 18.3 Å². The van der Waals surface area contributed by atoms with E-state index in [4.69, 9.17) is 11.0 Å². The molecule has 2 rings (SSSR count). The van der Waals surface area contributed by atoms with Crippen molar-refractivity contribution < 1.29 is 0 Å². The largest absolute Gasteiger partial charge is 0.378 e. The minimum absolute atomic E-state index is 0.181. The first-order chi connectivity index (χ1) is 7.81. The van der Waals surface area contributed by atoms with Gasteiger partial charge in [0.25, 0.3) is 0 Å². The van der Waals surface area contributed by atoms with E-state index in [2.05, 4.69) is 16.4 Å². The van der Waals surface area contributed by atoms with E-state index in [9.17, 15) is 0 Å². The average molecular weight is 216 g/mol. The third-order valence-electron chi connectivity index (χ3n) is 3.07. The zero-order chi connectivity index (χ0) is 11.4. The summed E-state index contributed by atoms with van der Waals surface area (Å²) in [6, 6.07) is 6.25. The maximum Gasteiger partial charge on any atom is 0.163 e. The molecule has 0 spiro atoms. The molecule has 4 heteroatoms. The van der Waals surface area contributed by atoms with Gasteiger partial charge in [0.15, 0.2) is 5.69 Å². The highest BCUT2D eigenvalue weighted by molar-refractivity contribution is 5.54. The van der Waals surface area contributed by atoms with Gasteiger partial charge in [-0.15, -0.1) is 0 Å². The van der Waals surface area contributed by atoms with E-state index in [1.165, 1.54) is 12.8 Å². The monoisotopic (exact) mass is 216 g/mol. The second kappa shape index (κ2) is 4.95. The summed E-state index contributed by atoms with van der Waals surface area (Å²) in [5, 5.41) is 12.3. The molecule has 84 valence electrons. The quantitative estimate of drug-likeness (QED) is 0.788. The zero-order valence-corrected chi connectivity index (χ0v) is 9.19. The summed E-state index contributed by atoms with van der Waals surface area (Å²) < 4.78 is 0. The van der Waals surface area contributed by atoms with Crippen molar-refractivity contribution in [3.63, 3.8) is 0 Å². The Morgan fingerprint density at radius 3 is 3.00 bits per heavy atom. The third-order valence-corrected chi connectivity index (χ3v) is 3.07. The number of nitriles is 1. The van der Waals surface area contributed by atoms with Crippen LogP contribution in [0.5, 0.6) is 0 Å². The number of anilines is 1. The van der Waals surface area contributed by atoms with Crippen LogP contribution >= 0.6 is 0 Å². The summed E-state index contributed by atoms with van der Waals surface area (Å²) in [5.74, 6) is 0. The predicted molar refractivity (Wildman–Crippen MR) is 62.8 cm³/mol. The van der Waals surface area contributed by atoms with E-state index in [1.54, 1.807) is 6.20 Å². The third kappa shape index (κ3) is 2.31. The summed E-state index contributed by atoms with van der Waals surface area (Å²) in [4.78, 5) is 4.02. The maximum atomic E-state index is 8.93. The lowest BCUT2D eigenvalue weighted by Crippen LogP contribution is -2.42. The molecule has 1 saturated carbocycles. The van der Waals surface area contributed by atoms with Gasteiger partial charge in [0.1, 0.15) is 6.07 Å². The summed E-state index contributed by atoms with van der Waals surface area (Å²) in [7, 11) is 0. The molecular formula is C12H16N4. The minimum Gasteiger partial charge on any atom is -0.378 e. The van der Waals surface area contributed by atoms with Crippen LogP contribution in [0.4, 0.5) is 5.69 Å². The molecule has 1 aliphatic carbocycles. The summed E-state index contributed by atoms with van der Waals surface area (Å²) in [6.45, 7) is 0. The molecule has 0 bridgehead atoms. The van der Waals surface area contributed by atoms with E-state index in [1.807, 2.05) is 12.1 Å². The lowest BCUT2D eigenvalue weighted by atomic mass is 9.91. The number of nitrogens with two attached hydrogens (primary N) is 1. The van der Waals surface area contributed by atoms with Gasteiger partial charge in [0.2, 0.25) is 0 Å². The molecule has 0 radical (unpaired) electrons. The Bertz CT molecular complexity index is 396. The van der Waals surface area contributed by atoms with Crippen molar-refractivity contribution in [1.29, 1.82) is 5.26 Å². The SMILES string of the molecule is N#Cc1ncccc1NC1CCCCC1N. The molecule has 2 unspecified atom stereocenters. The van der Waals surface area contributed by atoms with Gasteiger partial charge in [0.05, 0.1) is 5.69 Å². The molecule has 0 aromatic carbocycles. The molecule has 1 fully saturated rings. The molecule has 0 aliphatic heterocycles. The molecule has 3 N–H and O–H groups in total. The standard InChI is InChI=1S/C12H16N4/c13-8-12-11(6-3-7-15-12)16-10-5-2-1-4-9(10)14/h3,6-7,9-10,16H,1-2,4-5,14H2. The van der Waals surface area contributed by atoms with E-state index >= 15 is 0 Å². The van der Waals surface area contributed by atoms with Crippen molar-refractivity contribution in [1.82, 2.24) is 4.98 Å². The van der Waals surface area contributed by atoms with Crippen LogP contribution in [0.2, 0.25) is 0 Å². The Hall–Kier alpha value is -1.60. The van der Waals surface area contributed by atoms with Gasteiger partial charge in [-0.1, -0.05) is 12.8 Å². The van der Waals surface area contributed by atoms with E-state index in [0.717, 1.165) is 18.5 Å². The maximum absolute atomic E-state index is 8.93. The molecule has 4 nitrogen and oxygen atoms in total. The summed E-state index contributed by atoms with van der Waals surface area (Å²) >= 11 is 0. The van der Waals surface area contributed by atoms with Crippen LogP contribution in [0.25, 0.3) is 0 Å². The molecular weight excluding hydrogens is 200 g/mol. The van der Waals surface area contributed by atoms with E-state index < -0.39 is 0 Å². The normalized spacial score (nSPS) is 24.8. The van der Waals surface area contributed by atoms with E-state index in [0.29, 0.717) is 5.69 Å². The van der Waals surface area contributed by atoms with Crippen LogP contribution in [0.3, 0.4) is 0 Å². The van der Waals surface area contributed by atoms with Crippen molar-refractivity contribution in [3.8, 4) is 6.07 Å². The van der Waals surface area contributed by atoms with Crippen LogP contribution < -0.4 is 11.1 Å². The van der Waals surface area contributed by atoms with Crippen LogP contribution in [-0.4, -0.2) is 17.1 Å². The highest BCUT2D eigenvalue weighted by Gasteiger charge is 2.22. The number of aromatic nitrogens is 1. The first kappa shape index (κ1) is 10.9. The van der Waals surface area contributed by atoms with Gasteiger partial charge in [-0.25, -0.2) is 4.98 Å². The first-order valence-electron chi connectivity index (χ1n) is 5.68. The summed E-state index contributed by atoms with van der Waals surface area (Å²) in [6.07, 6.45) is 6.16. The Kier molecular flexibility index (Phi) is 3.37. The van der Waals surface area contributed by atoms with E-state index in [-0.39, 0.29) is 12.1 Å². The fourth-order valence-electron chi connectivity index (χ4n) is 2.15. The van der Waals surface area contributed by atoms with Crippen LogP contribution in [0.15, 0.2) is 18.3 Å². The van der Waals surface area contributed by atoms with Crippen molar-refractivity contribution in [2.75, 3.05) is 5.32 Å². The van der Waals surface area contributed by atoms with Crippen molar-refractivity contribution >= 4 is 5.69 Å². The molecule has 16 heavy (non-hydrogen) atoms. The number of nitrogens with zero attached hydrogens (tertiary/aromatic N) is 2. The van der Waals surface area contributed by atoms with Gasteiger partial charge in [-0.05, 0) is 25.0 Å². The fourth-order valence-corrected chi connectivity index (χ4v) is 2.15. The fraction of sp³-hybridized carbons (Fsp3) is 0.500.